The third kappa shape index (κ3) is 1.97. The van der Waals surface area contributed by atoms with E-state index >= 15 is 0 Å². The predicted molar refractivity (Wildman–Crippen MR) is 55.8 cm³/mol. The molecule has 5 heteroatoms. The molecule has 2 unspecified atom stereocenters. The summed E-state index contributed by atoms with van der Waals surface area (Å²) < 4.78 is 0. The van der Waals surface area contributed by atoms with Gasteiger partial charge in [-0.2, -0.15) is 4.98 Å². The van der Waals surface area contributed by atoms with Crippen molar-refractivity contribution in [2.45, 2.75) is 38.6 Å². The van der Waals surface area contributed by atoms with Crippen LogP contribution in [0.3, 0.4) is 0 Å². The molecule has 78 valence electrons. The number of nitrogens with two attached hydrogens (primary N) is 1. The Balaban J connectivity index is 1.95. The lowest BCUT2D eigenvalue weighted by atomic mass is 9.86. The van der Waals surface area contributed by atoms with Crippen molar-refractivity contribution in [1.82, 2.24) is 15.2 Å². The first kappa shape index (κ1) is 9.30. The Morgan fingerprint density at radius 1 is 1.43 bits per heavy atom. The SMILES string of the molecule is CC1CCCCC1Nc1n[nH]c(N)n1. The zero-order valence-corrected chi connectivity index (χ0v) is 8.45. The first-order valence-electron chi connectivity index (χ1n) is 5.20. The van der Waals surface area contributed by atoms with Crippen molar-refractivity contribution in [3.8, 4) is 0 Å². The van der Waals surface area contributed by atoms with E-state index in [2.05, 4.69) is 27.4 Å². The monoisotopic (exact) mass is 195 g/mol. The number of anilines is 2. The highest BCUT2D eigenvalue weighted by molar-refractivity contribution is 5.31. The predicted octanol–water partition coefficient (Wildman–Crippen LogP) is 1.38. The first-order valence-corrected chi connectivity index (χ1v) is 5.20. The van der Waals surface area contributed by atoms with E-state index in [0.29, 0.717) is 23.9 Å². The maximum atomic E-state index is 5.45. The number of hydrogen-bond donors (Lipinski definition) is 3. The minimum atomic E-state index is 0.371. The van der Waals surface area contributed by atoms with Gasteiger partial charge >= 0.3 is 0 Å². The summed E-state index contributed by atoms with van der Waals surface area (Å²) >= 11 is 0. The van der Waals surface area contributed by atoms with Gasteiger partial charge in [-0.3, -0.25) is 0 Å². The lowest BCUT2D eigenvalue weighted by Crippen LogP contribution is -2.30. The first-order chi connectivity index (χ1) is 6.75. The normalized spacial score (nSPS) is 27.5. The van der Waals surface area contributed by atoms with Gasteiger partial charge in [-0.15, -0.1) is 5.10 Å². The van der Waals surface area contributed by atoms with E-state index in [1.807, 2.05) is 0 Å². The third-order valence-corrected chi connectivity index (χ3v) is 2.93. The minimum Gasteiger partial charge on any atom is -0.368 e. The Hall–Kier alpha value is -1.26. The number of nitrogens with one attached hydrogen (secondary N) is 2. The zero-order chi connectivity index (χ0) is 9.97. The Bertz CT molecular complexity index is 295. The maximum Gasteiger partial charge on any atom is 0.243 e. The van der Waals surface area contributed by atoms with E-state index in [9.17, 15) is 0 Å². The molecule has 0 aliphatic heterocycles. The molecule has 1 aromatic heterocycles. The number of nitrogens with zero attached hydrogens (tertiary/aromatic N) is 2. The number of H-pyrrole nitrogens is 1. The van der Waals surface area contributed by atoms with E-state index in [0.717, 1.165) is 0 Å². The van der Waals surface area contributed by atoms with Crippen molar-refractivity contribution in [1.29, 1.82) is 0 Å². The Kier molecular flexibility index (Phi) is 2.56. The van der Waals surface area contributed by atoms with Crippen molar-refractivity contribution >= 4 is 11.9 Å². The average Bonchev–Trinajstić information content (AvgIpc) is 2.56. The molecular formula is C9H17N5. The highest BCUT2D eigenvalue weighted by Gasteiger charge is 2.21. The van der Waals surface area contributed by atoms with Gasteiger partial charge in [0.25, 0.3) is 0 Å². The summed E-state index contributed by atoms with van der Waals surface area (Å²) in [5.74, 6) is 1.70. The van der Waals surface area contributed by atoms with E-state index in [1.54, 1.807) is 0 Å². The van der Waals surface area contributed by atoms with E-state index < -0.39 is 0 Å². The molecule has 1 heterocycles. The molecule has 0 radical (unpaired) electrons. The summed E-state index contributed by atoms with van der Waals surface area (Å²) in [7, 11) is 0. The van der Waals surface area contributed by atoms with Gasteiger partial charge in [0.1, 0.15) is 0 Å². The van der Waals surface area contributed by atoms with Crippen LogP contribution in [0.5, 0.6) is 0 Å². The summed E-state index contributed by atoms with van der Waals surface area (Å²) in [5.41, 5.74) is 5.45. The number of nitrogen functional groups attached to an aromatic ring is 1. The van der Waals surface area contributed by atoms with Crippen LogP contribution < -0.4 is 11.1 Å². The standard InChI is InChI=1S/C9H17N5/c1-6-4-2-3-5-7(6)11-9-12-8(10)13-14-9/h6-7H,2-5H2,1H3,(H4,10,11,12,13,14). The van der Waals surface area contributed by atoms with Crippen molar-refractivity contribution in [3.05, 3.63) is 0 Å². The molecule has 5 nitrogen and oxygen atoms in total. The third-order valence-electron chi connectivity index (χ3n) is 2.93. The van der Waals surface area contributed by atoms with Crippen LogP contribution in [-0.4, -0.2) is 21.2 Å². The van der Waals surface area contributed by atoms with Crippen molar-refractivity contribution in [2.75, 3.05) is 11.1 Å². The second kappa shape index (κ2) is 3.86. The summed E-state index contributed by atoms with van der Waals surface area (Å²) in [6.07, 6.45) is 5.13. The van der Waals surface area contributed by atoms with Gasteiger partial charge in [-0.05, 0) is 18.8 Å². The molecule has 0 amide bonds. The van der Waals surface area contributed by atoms with Crippen molar-refractivity contribution in [2.24, 2.45) is 5.92 Å². The summed E-state index contributed by atoms with van der Waals surface area (Å²) in [5, 5.41) is 9.92. The fourth-order valence-electron chi connectivity index (χ4n) is 2.04. The molecule has 1 saturated carbocycles. The van der Waals surface area contributed by atoms with Gasteiger partial charge in [0.15, 0.2) is 0 Å². The van der Waals surface area contributed by atoms with Crippen molar-refractivity contribution in [3.63, 3.8) is 0 Å². The molecule has 14 heavy (non-hydrogen) atoms. The second-order valence-electron chi connectivity index (χ2n) is 4.06. The zero-order valence-electron chi connectivity index (χ0n) is 8.45. The van der Waals surface area contributed by atoms with Gasteiger partial charge in [-0.25, -0.2) is 5.10 Å². The van der Waals surface area contributed by atoms with Crippen LogP contribution in [0.25, 0.3) is 0 Å². The lowest BCUT2D eigenvalue weighted by Gasteiger charge is -2.28. The van der Waals surface area contributed by atoms with E-state index in [1.165, 1.54) is 25.7 Å². The van der Waals surface area contributed by atoms with Crippen molar-refractivity contribution < 1.29 is 0 Å². The fourth-order valence-corrected chi connectivity index (χ4v) is 2.04. The van der Waals surface area contributed by atoms with Crippen LogP contribution in [0.15, 0.2) is 0 Å². The van der Waals surface area contributed by atoms with E-state index in [4.69, 9.17) is 5.73 Å². The number of rotatable bonds is 2. The van der Waals surface area contributed by atoms with Crippen LogP contribution in [0.2, 0.25) is 0 Å². The highest BCUT2D eigenvalue weighted by atomic mass is 15.3. The molecule has 0 bridgehead atoms. The highest BCUT2D eigenvalue weighted by Crippen LogP contribution is 2.25. The molecule has 1 fully saturated rings. The molecule has 1 aromatic rings. The largest absolute Gasteiger partial charge is 0.368 e. The molecule has 0 spiro atoms. The molecule has 0 saturated heterocycles. The summed E-state index contributed by atoms with van der Waals surface area (Å²) in [6.45, 7) is 2.27. The minimum absolute atomic E-state index is 0.371. The number of aromatic nitrogens is 3. The summed E-state index contributed by atoms with van der Waals surface area (Å²) in [4.78, 5) is 4.04. The molecule has 2 atom stereocenters. The molecule has 4 N–H and O–H groups in total. The smallest absolute Gasteiger partial charge is 0.243 e. The molecule has 0 aromatic carbocycles. The Morgan fingerprint density at radius 2 is 2.21 bits per heavy atom. The maximum absolute atomic E-state index is 5.45. The quantitative estimate of drug-likeness (QED) is 0.666. The lowest BCUT2D eigenvalue weighted by molar-refractivity contribution is 0.348. The van der Waals surface area contributed by atoms with E-state index in [-0.39, 0.29) is 0 Å². The average molecular weight is 195 g/mol. The van der Waals surface area contributed by atoms with Crippen LogP contribution in [0.4, 0.5) is 11.9 Å². The number of hydrogen-bond acceptors (Lipinski definition) is 4. The van der Waals surface area contributed by atoms with Gasteiger partial charge in [-0.1, -0.05) is 19.8 Å². The van der Waals surface area contributed by atoms with Crippen LogP contribution >= 0.6 is 0 Å². The van der Waals surface area contributed by atoms with Crippen LogP contribution in [0.1, 0.15) is 32.6 Å². The fraction of sp³-hybridized carbons (Fsp3) is 0.778. The van der Waals surface area contributed by atoms with Crippen LogP contribution in [-0.2, 0) is 0 Å². The number of aromatic amines is 1. The molecule has 2 rings (SSSR count). The van der Waals surface area contributed by atoms with Gasteiger partial charge in [0.2, 0.25) is 11.9 Å². The van der Waals surface area contributed by atoms with Crippen LogP contribution in [0, 0.1) is 5.92 Å². The topological polar surface area (TPSA) is 79.6 Å². The molecular weight excluding hydrogens is 178 g/mol. The van der Waals surface area contributed by atoms with Gasteiger partial charge in [0, 0.05) is 6.04 Å². The Labute approximate surface area is 83.5 Å². The Morgan fingerprint density at radius 3 is 2.86 bits per heavy atom. The molecule has 1 aliphatic carbocycles. The summed E-state index contributed by atoms with van der Waals surface area (Å²) in [6, 6.07) is 0.499. The second-order valence-corrected chi connectivity index (χ2v) is 4.06. The molecule has 1 aliphatic rings. The van der Waals surface area contributed by atoms with Gasteiger partial charge < -0.3 is 11.1 Å². The van der Waals surface area contributed by atoms with Gasteiger partial charge in [0.05, 0.1) is 0 Å².